The smallest absolute Gasteiger partial charge is 0.308 e. The number of benzene rings is 1. The number of pyridine rings is 1. The molecule has 3 rings (SSSR count). The third kappa shape index (κ3) is 4.89. The number of rotatable bonds is 5. The van der Waals surface area contributed by atoms with E-state index >= 15 is 0 Å². The van der Waals surface area contributed by atoms with Gasteiger partial charge in [0, 0.05) is 34.8 Å². The average molecular weight is 462 g/mol. The Hall–Kier alpha value is -2.14. The average Bonchev–Trinajstić information content (AvgIpc) is 2.66. The molecule has 0 amide bonds. The van der Waals surface area contributed by atoms with Crippen molar-refractivity contribution in [2.45, 2.75) is 36.6 Å². The second-order valence-electron chi connectivity index (χ2n) is 6.66. The molecule has 1 fully saturated rings. The highest BCUT2D eigenvalue weighted by atomic mass is 35.5. The molecule has 1 saturated carbocycles. The van der Waals surface area contributed by atoms with Crippen LogP contribution in [0.1, 0.15) is 25.7 Å². The van der Waals surface area contributed by atoms with Crippen molar-refractivity contribution in [1.29, 1.82) is 5.41 Å². The zero-order valence-electron chi connectivity index (χ0n) is 15.2. The molecule has 1 aromatic carbocycles. The third-order valence-electron chi connectivity index (χ3n) is 4.83. The maximum Gasteiger partial charge on any atom is 0.308 e. The lowest BCUT2D eigenvalue weighted by Crippen LogP contribution is -2.44. The van der Waals surface area contributed by atoms with E-state index in [1.165, 1.54) is 24.5 Å². The van der Waals surface area contributed by atoms with Gasteiger partial charge in [-0.25, -0.2) is 17.6 Å². The van der Waals surface area contributed by atoms with Crippen molar-refractivity contribution in [2.75, 3.05) is 4.42 Å². The van der Waals surface area contributed by atoms with Crippen molar-refractivity contribution in [2.24, 2.45) is 11.7 Å². The van der Waals surface area contributed by atoms with Crippen LogP contribution in [-0.2, 0) is 14.8 Å². The van der Waals surface area contributed by atoms with Crippen molar-refractivity contribution < 1.29 is 18.3 Å². The van der Waals surface area contributed by atoms with Crippen LogP contribution in [0.4, 0.5) is 5.69 Å². The van der Waals surface area contributed by atoms with Gasteiger partial charge in [0.25, 0.3) is 0 Å². The number of fused-ring (bicyclic) bond motifs is 1. The van der Waals surface area contributed by atoms with Crippen molar-refractivity contribution in [3.63, 3.8) is 0 Å². The molecule has 0 radical (unpaired) electrons. The van der Waals surface area contributed by atoms with Gasteiger partial charge in [-0.2, -0.15) is 0 Å². The number of carbonyl (C=O) groups is 1. The topological polar surface area (TPSA) is 149 Å². The summed E-state index contributed by atoms with van der Waals surface area (Å²) < 4.78 is 29.1. The number of aliphatic carboxylic acids is 1. The lowest BCUT2D eigenvalue weighted by Gasteiger charge is -2.29. The number of aromatic nitrogens is 1. The summed E-state index contributed by atoms with van der Waals surface area (Å²) in [5, 5.41) is 17.9. The summed E-state index contributed by atoms with van der Waals surface area (Å²) in [7, 11) is -3.92. The van der Waals surface area contributed by atoms with E-state index in [4.69, 9.17) is 22.9 Å². The van der Waals surface area contributed by atoms with Gasteiger partial charge in [-0.3, -0.25) is 15.2 Å². The number of guanidine groups is 1. The maximum atomic E-state index is 12.8. The minimum absolute atomic E-state index is 0. The molecule has 2 aromatic rings. The predicted octanol–water partition coefficient (Wildman–Crippen LogP) is 2.43. The van der Waals surface area contributed by atoms with Gasteiger partial charge in [-0.1, -0.05) is 18.9 Å². The summed E-state index contributed by atoms with van der Waals surface area (Å²) in [6.07, 6.45) is 5.37. The first kappa shape index (κ1) is 23.1. The molecule has 1 aliphatic carbocycles. The van der Waals surface area contributed by atoms with Crippen LogP contribution in [0.15, 0.2) is 35.5 Å². The lowest BCUT2D eigenvalue weighted by molar-refractivity contribution is -0.143. The molecule has 1 heterocycles. The molecular formula is C17H21Cl2N5O4S. The highest BCUT2D eigenvalue weighted by Gasteiger charge is 2.34. The molecule has 9 nitrogen and oxygen atoms in total. The molecule has 0 aliphatic heterocycles. The predicted molar refractivity (Wildman–Crippen MR) is 113 cm³/mol. The van der Waals surface area contributed by atoms with E-state index in [9.17, 15) is 18.3 Å². The summed E-state index contributed by atoms with van der Waals surface area (Å²) in [4.78, 5) is 15.4. The Morgan fingerprint density at radius 1 is 1.31 bits per heavy atom. The monoisotopic (exact) mass is 461 g/mol. The summed E-state index contributed by atoms with van der Waals surface area (Å²) in [5.74, 6) is -2.13. The fourth-order valence-corrected chi connectivity index (χ4v) is 4.91. The Labute approximate surface area is 179 Å². The summed E-state index contributed by atoms with van der Waals surface area (Å²) in [6, 6.07) is 3.73. The number of carboxylic acids is 1. The summed E-state index contributed by atoms with van der Waals surface area (Å²) in [6.45, 7) is 0. The first-order chi connectivity index (χ1) is 13.2. The van der Waals surface area contributed by atoms with E-state index < -0.39 is 33.9 Å². The number of nitrogens with one attached hydrogen (secondary N) is 2. The maximum absolute atomic E-state index is 12.8. The van der Waals surface area contributed by atoms with Gasteiger partial charge in [0.2, 0.25) is 16.0 Å². The van der Waals surface area contributed by atoms with Crippen LogP contribution >= 0.6 is 24.2 Å². The van der Waals surface area contributed by atoms with Crippen molar-refractivity contribution in [3.8, 4) is 0 Å². The number of sulfonamides is 1. The van der Waals surface area contributed by atoms with E-state index in [0.717, 1.165) is 17.3 Å². The lowest BCUT2D eigenvalue weighted by atomic mass is 9.85. The van der Waals surface area contributed by atoms with Crippen LogP contribution in [0, 0.1) is 11.3 Å². The summed E-state index contributed by atoms with van der Waals surface area (Å²) in [5.41, 5.74) is 5.74. The van der Waals surface area contributed by atoms with Crippen LogP contribution in [0.3, 0.4) is 0 Å². The number of hydrogen-bond donors (Lipinski definition) is 4. The normalized spacial score (nSPS) is 19.3. The van der Waals surface area contributed by atoms with Crippen LogP contribution in [0.5, 0.6) is 0 Å². The second kappa shape index (κ2) is 9.12. The van der Waals surface area contributed by atoms with Crippen LogP contribution in [-0.4, -0.2) is 36.5 Å². The molecule has 2 atom stereocenters. The highest BCUT2D eigenvalue weighted by molar-refractivity contribution is 7.89. The molecule has 0 unspecified atom stereocenters. The molecular weight excluding hydrogens is 441 g/mol. The zero-order chi connectivity index (χ0) is 20.5. The van der Waals surface area contributed by atoms with Gasteiger partial charge >= 0.3 is 5.97 Å². The molecule has 1 aliphatic rings. The van der Waals surface area contributed by atoms with Gasteiger partial charge in [-0.05, 0) is 25.0 Å². The van der Waals surface area contributed by atoms with Gasteiger partial charge in [0.05, 0.1) is 22.7 Å². The molecule has 1 aromatic heterocycles. The Kier molecular flexibility index (Phi) is 7.28. The fraction of sp³-hybridized carbons (Fsp3) is 0.353. The first-order valence-corrected chi connectivity index (χ1v) is 10.5. The molecule has 0 bridgehead atoms. The van der Waals surface area contributed by atoms with Crippen LogP contribution in [0.25, 0.3) is 10.8 Å². The Bertz CT molecular complexity index is 1030. The van der Waals surface area contributed by atoms with Crippen molar-refractivity contribution in [1.82, 2.24) is 9.71 Å². The van der Waals surface area contributed by atoms with E-state index in [2.05, 4.69) is 9.71 Å². The van der Waals surface area contributed by atoms with Crippen LogP contribution in [0.2, 0.25) is 0 Å². The highest BCUT2D eigenvalue weighted by Crippen LogP contribution is 2.30. The Morgan fingerprint density at radius 3 is 2.66 bits per heavy atom. The van der Waals surface area contributed by atoms with Crippen molar-refractivity contribution >= 4 is 62.6 Å². The second-order valence-corrected chi connectivity index (χ2v) is 8.72. The molecule has 29 heavy (non-hydrogen) atoms. The minimum atomic E-state index is -3.92. The molecule has 0 spiro atoms. The Morgan fingerprint density at radius 2 is 2.00 bits per heavy atom. The number of hydrogen-bond acceptors (Lipinski definition) is 5. The number of carboxylic acid groups (broad SMARTS) is 1. The third-order valence-corrected chi connectivity index (χ3v) is 6.68. The largest absolute Gasteiger partial charge is 0.481 e. The number of halogens is 2. The number of nitrogens with zero attached hydrogens (tertiary/aromatic N) is 2. The van der Waals surface area contributed by atoms with Crippen LogP contribution < -0.4 is 14.9 Å². The van der Waals surface area contributed by atoms with E-state index in [1.54, 1.807) is 6.07 Å². The number of anilines is 1. The first-order valence-electron chi connectivity index (χ1n) is 8.63. The van der Waals surface area contributed by atoms with Gasteiger partial charge in [-0.15, -0.1) is 12.4 Å². The fourth-order valence-electron chi connectivity index (χ4n) is 3.43. The van der Waals surface area contributed by atoms with E-state index in [0.29, 0.717) is 29.3 Å². The van der Waals surface area contributed by atoms with Gasteiger partial charge in [0.1, 0.15) is 0 Å². The SMILES string of the molecule is Cl.N=C(N)N(Cl)c1cncc2cc(S(=O)(=O)N[C@@H]3CCCC[C@@H]3C(=O)O)ccc12. The van der Waals surface area contributed by atoms with E-state index in [-0.39, 0.29) is 17.3 Å². The summed E-state index contributed by atoms with van der Waals surface area (Å²) >= 11 is 5.98. The standard InChI is InChI=1S/C17H20ClN5O4S.ClH/c18-23(17(19)20)15-9-21-8-10-7-11(5-6-12(10)15)28(26,27)22-14-4-2-1-3-13(14)16(24)25;/h5-9,13-14,22H,1-4H2,(H3,19,20)(H,24,25);1H/t13-,14+;/m0./s1. The van der Waals surface area contributed by atoms with E-state index in [1.807, 2.05) is 0 Å². The molecule has 0 saturated heterocycles. The minimum Gasteiger partial charge on any atom is -0.481 e. The van der Waals surface area contributed by atoms with Gasteiger partial charge < -0.3 is 10.8 Å². The van der Waals surface area contributed by atoms with Crippen molar-refractivity contribution in [3.05, 3.63) is 30.6 Å². The molecule has 158 valence electrons. The van der Waals surface area contributed by atoms with Gasteiger partial charge in [0.15, 0.2) is 0 Å². The Balaban J connectivity index is 0.00000300. The molecule has 5 N–H and O–H groups in total. The zero-order valence-corrected chi connectivity index (χ0v) is 17.6. The molecule has 12 heteroatoms. The quantitative estimate of drug-likeness (QED) is 0.303. The number of nitrogens with two attached hydrogens (primary N) is 1.